The van der Waals surface area contributed by atoms with Crippen molar-refractivity contribution >= 4 is 34.8 Å². The number of hydrogen-bond acceptors (Lipinski definition) is 2. The van der Waals surface area contributed by atoms with Crippen LogP contribution in [-0.2, 0) is 12.6 Å². The highest BCUT2D eigenvalue weighted by atomic mass is 35.5. The first-order valence-electron chi connectivity index (χ1n) is 5.82. The predicted octanol–water partition coefficient (Wildman–Crippen LogP) is 5.79. The number of hydrogen-bond donors (Lipinski definition) is 0. The van der Waals surface area contributed by atoms with E-state index in [1.165, 1.54) is 12.1 Å². The second-order valence-corrected chi connectivity index (χ2v) is 5.53. The number of halogens is 6. The molecule has 2 rings (SSSR count). The molecule has 22 heavy (non-hydrogen) atoms. The van der Waals surface area contributed by atoms with Crippen molar-refractivity contribution in [1.82, 2.24) is 4.98 Å². The minimum absolute atomic E-state index is 0.109. The first kappa shape index (κ1) is 16.9. The lowest BCUT2D eigenvalue weighted by molar-refractivity contribution is -0.137. The summed E-state index contributed by atoms with van der Waals surface area (Å²) in [4.78, 5) is 3.81. The second-order valence-electron chi connectivity index (χ2n) is 4.31. The monoisotopic (exact) mass is 364 g/mol. The Bertz CT molecular complexity index is 767. The molecule has 2 aromatic rings. The van der Waals surface area contributed by atoms with Gasteiger partial charge in [0.05, 0.1) is 38.8 Å². The van der Waals surface area contributed by atoms with E-state index in [1.807, 2.05) is 6.07 Å². The largest absolute Gasteiger partial charge is 0.417 e. The van der Waals surface area contributed by atoms with Crippen LogP contribution < -0.4 is 0 Å². The van der Waals surface area contributed by atoms with E-state index in [-0.39, 0.29) is 32.7 Å². The number of aromatic nitrogens is 1. The van der Waals surface area contributed by atoms with Crippen molar-refractivity contribution in [2.75, 3.05) is 0 Å². The average Bonchev–Trinajstić information content (AvgIpc) is 2.42. The van der Waals surface area contributed by atoms with Gasteiger partial charge in [-0.25, -0.2) is 0 Å². The summed E-state index contributed by atoms with van der Waals surface area (Å²) in [7, 11) is 0. The Hall–Kier alpha value is -1.48. The zero-order valence-electron chi connectivity index (χ0n) is 10.7. The maximum Gasteiger partial charge on any atom is 0.417 e. The van der Waals surface area contributed by atoms with E-state index in [0.29, 0.717) is 11.8 Å². The van der Waals surface area contributed by atoms with Gasteiger partial charge in [-0.15, -0.1) is 0 Å². The summed E-state index contributed by atoms with van der Waals surface area (Å²) in [5.74, 6) is 0. The van der Waals surface area contributed by atoms with Crippen LogP contribution in [0.25, 0.3) is 11.3 Å². The molecule has 1 aromatic heterocycles. The van der Waals surface area contributed by atoms with Crippen molar-refractivity contribution in [3.63, 3.8) is 0 Å². The molecule has 0 amide bonds. The maximum atomic E-state index is 12.8. The minimum Gasteiger partial charge on any atom is -0.255 e. The van der Waals surface area contributed by atoms with Gasteiger partial charge in [0, 0.05) is 11.8 Å². The summed E-state index contributed by atoms with van der Waals surface area (Å²) in [5, 5.41) is 9.39. The molecular formula is C14H6Cl3F3N2. The van der Waals surface area contributed by atoms with Gasteiger partial charge in [-0.3, -0.25) is 4.98 Å². The van der Waals surface area contributed by atoms with Gasteiger partial charge in [-0.05, 0) is 23.8 Å². The van der Waals surface area contributed by atoms with Crippen LogP contribution in [0, 0.1) is 11.3 Å². The van der Waals surface area contributed by atoms with Crippen molar-refractivity contribution < 1.29 is 13.2 Å². The third-order valence-corrected chi connectivity index (χ3v) is 3.86. The molecule has 1 heterocycles. The molecular weight excluding hydrogens is 360 g/mol. The number of nitriles is 1. The Morgan fingerprint density at radius 2 is 1.68 bits per heavy atom. The van der Waals surface area contributed by atoms with Gasteiger partial charge >= 0.3 is 6.18 Å². The van der Waals surface area contributed by atoms with Gasteiger partial charge < -0.3 is 0 Å². The van der Waals surface area contributed by atoms with Gasteiger partial charge in [-0.1, -0.05) is 34.8 Å². The van der Waals surface area contributed by atoms with Crippen LogP contribution in [0.5, 0.6) is 0 Å². The Labute approximate surface area is 139 Å². The number of pyridine rings is 1. The van der Waals surface area contributed by atoms with E-state index in [4.69, 9.17) is 40.1 Å². The quantitative estimate of drug-likeness (QED) is 0.631. The smallest absolute Gasteiger partial charge is 0.255 e. The molecule has 0 saturated heterocycles. The van der Waals surface area contributed by atoms with E-state index in [2.05, 4.69) is 4.98 Å². The van der Waals surface area contributed by atoms with Crippen molar-refractivity contribution in [3.05, 3.63) is 50.6 Å². The molecule has 0 bridgehead atoms. The van der Waals surface area contributed by atoms with Crippen LogP contribution in [0.1, 0.15) is 11.1 Å². The molecule has 8 heteroatoms. The molecule has 0 N–H and O–H groups in total. The molecule has 0 unspecified atom stereocenters. The first-order valence-corrected chi connectivity index (χ1v) is 6.95. The molecule has 0 aliphatic heterocycles. The van der Waals surface area contributed by atoms with Gasteiger partial charge in [0.25, 0.3) is 0 Å². The highest BCUT2D eigenvalue weighted by Crippen LogP contribution is 2.37. The highest BCUT2D eigenvalue weighted by Gasteiger charge is 2.32. The van der Waals surface area contributed by atoms with Gasteiger partial charge in [0.15, 0.2) is 0 Å². The standard InChI is InChI=1S/C14H6Cl3F3N2/c15-10-5-12(17)11(16)4-9(10)13-7(1-2-21)3-8(6-22-13)14(18,19)20/h3-6H,1H2. The Morgan fingerprint density at radius 3 is 2.27 bits per heavy atom. The summed E-state index contributed by atoms with van der Waals surface area (Å²) in [6, 6.07) is 5.46. The highest BCUT2D eigenvalue weighted by molar-refractivity contribution is 6.44. The molecule has 0 atom stereocenters. The molecule has 0 radical (unpaired) electrons. The van der Waals surface area contributed by atoms with Crippen molar-refractivity contribution in [3.8, 4) is 17.3 Å². The zero-order valence-corrected chi connectivity index (χ0v) is 12.9. The third-order valence-electron chi connectivity index (χ3n) is 2.83. The second kappa shape index (κ2) is 6.33. The SMILES string of the molecule is N#CCc1cc(C(F)(F)F)cnc1-c1cc(Cl)c(Cl)cc1Cl. The maximum absolute atomic E-state index is 12.8. The normalized spacial score (nSPS) is 11.3. The van der Waals surface area contributed by atoms with Gasteiger partial charge in [0.1, 0.15) is 0 Å². The van der Waals surface area contributed by atoms with Crippen LogP contribution in [-0.4, -0.2) is 4.98 Å². The number of rotatable bonds is 2. The summed E-state index contributed by atoms with van der Waals surface area (Å²) in [6.07, 6.45) is -4.10. The van der Waals surface area contributed by atoms with Crippen LogP contribution >= 0.6 is 34.8 Å². The average molecular weight is 366 g/mol. The van der Waals surface area contributed by atoms with Crippen molar-refractivity contribution in [1.29, 1.82) is 5.26 Å². The van der Waals surface area contributed by atoms with E-state index < -0.39 is 11.7 Å². The summed E-state index contributed by atoms with van der Waals surface area (Å²) >= 11 is 17.8. The minimum atomic E-state index is -4.54. The fourth-order valence-electron chi connectivity index (χ4n) is 1.83. The third kappa shape index (κ3) is 3.46. The predicted molar refractivity (Wildman–Crippen MR) is 79.0 cm³/mol. The lowest BCUT2D eigenvalue weighted by Crippen LogP contribution is -2.07. The summed E-state index contributed by atoms with van der Waals surface area (Å²) in [6.45, 7) is 0. The molecule has 0 aliphatic carbocycles. The zero-order chi connectivity index (χ0) is 16.5. The molecule has 0 aliphatic rings. The van der Waals surface area contributed by atoms with E-state index >= 15 is 0 Å². The molecule has 1 aromatic carbocycles. The Balaban J connectivity index is 2.66. The number of alkyl halides is 3. The fourth-order valence-corrected chi connectivity index (χ4v) is 2.47. The van der Waals surface area contributed by atoms with E-state index in [0.717, 1.165) is 6.07 Å². The van der Waals surface area contributed by atoms with Crippen molar-refractivity contribution in [2.24, 2.45) is 0 Å². The molecule has 114 valence electrons. The Kier molecular flexibility index (Phi) is 4.86. The van der Waals surface area contributed by atoms with Crippen LogP contribution in [0.3, 0.4) is 0 Å². The molecule has 2 nitrogen and oxygen atoms in total. The van der Waals surface area contributed by atoms with Gasteiger partial charge in [-0.2, -0.15) is 18.4 Å². The topological polar surface area (TPSA) is 36.7 Å². The van der Waals surface area contributed by atoms with Crippen LogP contribution in [0.15, 0.2) is 24.4 Å². The number of benzene rings is 1. The molecule has 0 fully saturated rings. The van der Waals surface area contributed by atoms with E-state index in [1.54, 1.807) is 0 Å². The van der Waals surface area contributed by atoms with E-state index in [9.17, 15) is 13.2 Å². The summed E-state index contributed by atoms with van der Waals surface area (Å²) < 4.78 is 38.3. The number of nitrogens with zero attached hydrogens (tertiary/aromatic N) is 2. The Morgan fingerprint density at radius 1 is 1.05 bits per heavy atom. The van der Waals surface area contributed by atoms with Crippen LogP contribution in [0.2, 0.25) is 15.1 Å². The van der Waals surface area contributed by atoms with Gasteiger partial charge in [0.2, 0.25) is 0 Å². The lowest BCUT2D eigenvalue weighted by atomic mass is 10.0. The molecule has 0 saturated carbocycles. The molecule has 0 spiro atoms. The first-order chi connectivity index (χ1) is 10.2. The van der Waals surface area contributed by atoms with Crippen LogP contribution in [0.4, 0.5) is 13.2 Å². The lowest BCUT2D eigenvalue weighted by Gasteiger charge is -2.13. The fraction of sp³-hybridized carbons (Fsp3) is 0.143. The summed E-state index contributed by atoms with van der Waals surface area (Å²) in [5.41, 5.74) is -0.344. The van der Waals surface area contributed by atoms with Crippen molar-refractivity contribution in [2.45, 2.75) is 12.6 Å².